The summed E-state index contributed by atoms with van der Waals surface area (Å²) in [5, 5.41) is 21.4. The zero-order valence-electron chi connectivity index (χ0n) is 9.57. The van der Waals surface area contributed by atoms with Crippen molar-refractivity contribution in [3.63, 3.8) is 0 Å². The first-order valence-corrected chi connectivity index (χ1v) is 5.25. The molecule has 1 aromatic rings. The number of nitriles is 1. The van der Waals surface area contributed by atoms with Gasteiger partial charge in [-0.3, -0.25) is 0 Å². The minimum atomic E-state index is -0.160. The van der Waals surface area contributed by atoms with Crippen molar-refractivity contribution in [1.82, 2.24) is 5.32 Å². The zero-order chi connectivity index (χ0) is 12.1. The molecular weight excluding hydrogens is 202 g/mol. The topological polar surface area (TPSA) is 82.1 Å². The number of aliphatic hydroxyl groups is 1. The molecule has 1 aromatic carbocycles. The van der Waals surface area contributed by atoms with Gasteiger partial charge < -0.3 is 16.2 Å². The molecule has 0 aliphatic heterocycles. The standard InChI is InChI=1S/C12H17N3O/c1-8(2)15-12(7-16)9-3-4-11(14)10(5-9)6-13/h3-5,8,12,15-16H,7,14H2,1-2H3. The number of hydrogen-bond acceptors (Lipinski definition) is 4. The second-order valence-electron chi connectivity index (χ2n) is 4.02. The predicted octanol–water partition coefficient (Wildman–Crippen LogP) is 1.17. The Morgan fingerprint density at radius 3 is 2.69 bits per heavy atom. The second-order valence-corrected chi connectivity index (χ2v) is 4.02. The molecule has 86 valence electrons. The SMILES string of the molecule is CC(C)NC(CO)c1ccc(N)c(C#N)c1. The molecule has 16 heavy (non-hydrogen) atoms. The smallest absolute Gasteiger partial charge is 0.101 e. The van der Waals surface area contributed by atoms with Gasteiger partial charge in [0.15, 0.2) is 0 Å². The maximum atomic E-state index is 9.28. The monoisotopic (exact) mass is 219 g/mol. The lowest BCUT2D eigenvalue weighted by atomic mass is 10.0. The average Bonchev–Trinajstić information content (AvgIpc) is 2.26. The molecule has 0 aromatic heterocycles. The Bertz CT molecular complexity index is 396. The molecule has 0 fully saturated rings. The Labute approximate surface area is 95.7 Å². The molecule has 4 N–H and O–H groups in total. The lowest BCUT2D eigenvalue weighted by Gasteiger charge is -2.19. The summed E-state index contributed by atoms with van der Waals surface area (Å²) in [6, 6.07) is 7.37. The van der Waals surface area contributed by atoms with E-state index >= 15 is 0 Å². The van der Waals surface area contributed by atoms with Crippen LogP contribution in [-0.2, 0) is 0 Å². The molecule has 1 unspecified atom stereocenters. The third-order valence-electron chi connectivity index (χ3n) is 2.32. The molecule has 0 heterocycles. The minimum Gasteiger partial charge on any atom is -0.398 e. The fraction of sp³-hybridized carbons (Fsp3) is 0.417. The van der Waals surface area contributed by atoms with Crippen LogP contribution in [0.15, 0.2) is 18.2 Å². The van der Waals surface area contributed by atoms with E-state index in [2.05, 4.69) is 5.32 Å². The molecule has 1 rings (SSSR count). The van der Waals surface area contributed by atoms with E-state index < -0.39 is 0 Å². The molecule has 0 saturated heterocycles. The van der Waals surface area contributed by atoms with E-state index in [-0.39, 0.29) is 18.7 Å². The number of anilines is 1. The summed E-state index contributed by atoms with van der Waals surface area (Å²) in [4.78, 5) is 0. The maximum absolute atomic E-state index is 9.28. The van der Waals surface area contributed by atoms with Gasteiger partial charge in [0.25, 0.3) is 0 Å². The van der Waals surface area contributed by atoms with Crippen molar-refractivity contribution in [1.29, 1.82) is 5.26 Å². The van der Waals surface area contributed by atoms with Crippen LogP contribution in [0.3, 0.4) is 0 Å². The second kappa shape index (κ2) is 5.50. The number of nitrogens with two attached hydrogens (primary N) is 1. The van der Waals surface area contributed by atoms with Crippen LogP contribution in [0.1, 0.15) is 31.0 Å². The van der Waals surface area contributed by atoms with Crippen LogP contribution in [-0.4, -0.2) is 17.8 Å². The Balaban J connectivity index is 2.98. The highest BCUT2D eigenvalue weighted by molar-refractivity contribution is 5.55. The van der Waals surface area contributed by atoms with E-state index in [1.54, 1.807) is 12.1 Å². The van der Waals surface area contributed by atoms with Crippen LogP contribution in [0.2, 0.25) is 0 Å². The van der Waals surface area contributed by atoms with E-state index in [4.69, 9.17) is 11.0 Å². The van der Waals surface area contributed by atoms with Crippen LogP contribution in [0.25, 0.3) is 0 Å². The average molecular weight is 219 g/mol. The Kier molecular flexibility index (Phi) is 4.29. The normalized spacial score (nSPS) is 12.4. The lowest BCUT2D eigenvalue weighted by Crippen LogP contribution is -2.30. The first-order chi connectivity index (χ1) is 7.58. The van der Waals surface area contributed by atoms with Crippen molar-refractivity contribution in [2.24, 2.45) is 0 Å². The van der Waals surface area contributed by atoms with E-state index in [1.165, 1.54) is 0 Å². The van der Waals surface area contributed by atoms with Crippen molar-refractivity contribution < 1.29 is 5.11 Å². The first-order valence-electron chi connectivity index (χ1n) is 5.25. The zero-order valence-corrected chi connectivity index (χ0v) is 9.57. The van der Waals surface area contributed by atoms with Gasteiger partial charge in [-0.1, -0.05) is 19.9 Å². The third kappa shape index (κ3) is 2.96. The molecule has 1 atom stereocenters. The summed E-state index contributed by atoms with van der Waals surface area (Å²) in [5.74, 6) is 0. The number of rotatable bonds is 4. The lowest BCUT2D eigenvalue weighted by molar-refractivity contribution is 0.237. The fourth-order valence-electron chi connectivity index (χ4n) is 1.54. The van der Waals surface area contributed by atoms with Gasteiger partial charge >= 0.3 is 0 Å². The van der Waals surface area contributed by atoms with Gasteiger partial charge in [0.1, 0.15) is 6.07 Å². The summed E-state index contributed by atoms with van der Waals surface area (Å²) < 4.78 is 0. The quantitative estimate of drug-likeness (QED) is 0.664. The summed E-state index contributed by atoms with van der Waals surface area (Å²) in [7, 11) is 0. The number of nitrogens with one attached hydrogen (secondary N) is 1. The Hall–Kier alpha value is -1.57. The highest BCUT2D eigenvalue weighted by atomic mass is 16.3. The van der Waals surface area contributed by atoms with Gasteiger partial charge in [-0.25, -0.2) is 0 Å². The van der Waals surface area contributed by atoms with Crippen LogP contribution in [0.4, 0.5) is 5.69 Å². The maximum Gasteiger partial charge on any atom is 0.101 e. The van der Waals surface area contributed by atoms with Crippen LogP contribution >= 0.6 is 0 Å². The van der Waals surface area contributed by atoms with Crippen molar-refractivity contribution in [2.45, 2.75) is 25.9 Å². The summed E-state index contributed by atoms with van der Waals surface area (Å²) >= 11 is 0. The molecule has 0 aliphatic rings. The van der Waals surface area contributed by atoms with Gasteiger partial charge in [0.2, 0.25) is 0 Å². The first kappa shape index (κ1) is 12.5. The van der Waals surface area contributed by atoms with Gasteiger partial charge in [-0.15, -0.1) is 0 Å². The number of nitrogen functional groups attached to an aromatic ring is 1. The molecule has 4 nitrogen and oxygen atoms in total. The minimum absolute atomic E-state index is 0.00698. The molecule has 0 radical (unpaired) electrons. The largest absolute Gasteiger partial charge is 0.398 e. The third-order valence-corrected chi connectivity index (χ3v) is 2.32. The highest BCUT2D eigenvalue weighted by Crippen LogP contribution is 2.19. The highest BCUT2D eigenvalue weighted by Gasteiger charge is 2.12. The van der Waals surface area contributed by atoms with E-state index in [1.807, 2.05) is 26.0 Å². The molecule has 4 heteroatoms. The number of benzene rings is 1. The summed E-state index contributed by atoms with van der Waals surface area (Å²) in [5.41, 5.74) is 7.43. The van der Waals surface area contributed by atoms with E-state index in [0.717, 1.165) is 5.56 Å². The Morgan fingerprint density at radius 1 is 1.50 bits per heavy atom. The molecule has 0 saturated carbocycles. The van der Waals surface area contributed by atoms with E-state index in [0.29, 0.717) is 11.3 Å². The summed E-state index contributed by atoms with van der Waals surface area (Å²) in [6.45, 7) is 4.00. The summed E-state index contributed by atoms with van der Waals surface area (Å²) in [6.07, 6.45) is 0. The van der Waals surface area contributed by atoms with Gasteiger partial charge in [-0.05, 0) is 17.7 Å². The molecular formula is C12H17N3O. The van der Waals surface area contributed by atoms with Crippen LogP contribution in [0, 0.1) is 11.3 Å². The van der Waals surface area contributed by atoms with Crippen molar-refractivity contribution in [2.75, 3.05) is 12.3 Å². The molecule has 0 amide bonds. The van der Waals surface area contributed by atoms with Crippen LogP contribution in [0.5, 0.6) is 0 Å². The number of hydrogen-bond donors (Lipinski definition) is 3. The van der Waals surface area contributed by atoms with E-state index in [9.17, 15) is 5.11 Å². The van der Waals surface area contributed by atoms with Crippen molar-refractivity contribution >= 4 is 5.69 Å². The van der Waals surface area contributed by atoms with Gasteiger partial charge in [-0.2, -0.15) is 5.26 Å². The molecule has 0 bridgehead atoms. The van der Waals surface area contributed by atoms with Gasteiger partial charge in [0.05, 0.1) is 18.2 Å². The number of nitrogens with zero attached hydrogens (tertiary/aromatic N) is 1. The number of aliphatic hydroxyl groups excluding tert-OH is 1. The van der Waals surface area contributed by atoms with Crippen LogP contribution < -0.4 is 11.1 Å². The Morgan fingerprint density at radius 2 is 2.19 bits per heavy atom. The fourth-order valence-corrected chi connectivity index (χ4v) is 1.54. The van der Waals surface area contributed by atoms with Crippen molar-refractivity contribution in [3.8, 4) is 6.07 Å². The molecule has 0 aliphatic carbocycles. The molecule has 0 spiro atoms. The van der Waals surface area contributed by atoms with Gasteiger partial charge in [0, 0.05) is 11.7 Å². The predicted molar refractivity (Wildman–Crippen MR) is 63.7 cm³/mol. The van der Waals surface area contributed by atoms with Crippen molar-refractivity contribution in [3.05, 3.63) is 29.3 Å².